The molecular formula is C30H32ClNO7S. The van der Waals surface area contributed by atoms with E-state index < -0.39 is 18.2 Å². The van der Waals surface area contributed by atoms with Gasteiger partial charge in [0.05, 0.1) is 48.0 Å². The molecule has 0 spiro atoms. The molecule has 3 aromatic carbocycles. The first-order valence-electron chi connectivity index (χ1n) is 12.7. The van der Waals surface area contributed by atoms with Crippen molar-refractivity contribution >= 4 is 40.5 Å². The van der Waals surface area contributed by atoms with Crippen LogP contribution >= 0.6 is 23.8 Å². The summed E-state index contributed by atoms with van der Waals surface area (Å²) >= 11 is 12.6. The van der Waals surface area contributed by atoms with Gasteiger partial charge in [-0.15, -0.1) is 0 Å². The molecule has 4 rings (SSSR count). The van der Waals surface area contributed by atoms with Gasteiger partial charge in [0, 0.05) is 33.5 Å². The van der Waals surface area contributed by atoms with E-state index in [0.717, 1.165) is 16.8 Å². The molecule has 0 N–H and O–H groups in total. The molecule has 0 radical (unpaired) electrons. The van der Waals surface area contributed by atoms with Crippen LogP contribution in [0.15, 0.2) is 54.6 Å². The lowest BCUT2D eigenvalue weighted by Crippen LogP contribution is -2.39. The van der Waals surface area contributed by atoms with Crippen LogP contribution in [0.25, 0.3) is 0 Å². The number of carbonyl (C=O) groups is 1. The zero-order valence-electron chi connectivity index (χ0n) is 23.1. The van der Waals surface area contributed by atoms with E-state index in [-0.39, 0.29) is 13.0 Å². The SMILES string of the molecule is CCOC(=O)CC1OC(c2cccc(OC)c2OC)c2cc(Cl)ccc2N(Cc2ccc(OC)cc2OC)C1=S. The molecular weight excluding hydrogens is 554 g/mol. The van der Waals surface area contributed by atoms with E-state index in [1.165, 1.54) is 0 Å². The zero-order chi connectivity index (χ0) is 28.8. The third kappa shape index (κ3) is 6.11. The quantitative estimate of drug-likeness (QED) is 0.206. The highest BCUT2D eigenvalue weighted by Crippen LogP contribution is 2.46. The van der Waals surface area contributed by atoms with Crippen LogP contribution in [0.4, 0.5) is 5.69 Å². The maximum absolute atomic E-state index is 12.7. The van der Waals surface area contributed by atoms with Gasteiger partial charge < -0.3 is 33.3 Å². The highest BCUT2D eigenvalue weighted by atomic mass is 35.5. The molecule has 8 nitrogen and oxygen atoms in total. The minimum Gasteiger partial charge on any atom is -0.497 e. The molecule has 2 atom stereocenters. The Bertz CT molecular complexity index is 1380. The van der Waals surface area contributed by atoms with E-state index in [1.807, 2.05) is 47.4 Å². The minimum absolute atomic E-state index is 0.0760. The molecule has 1 heterocycles. The molecule has 1 aliphatic heterocycles. The molecule has 0 amide bonds. The smallest absolute Gasteiger partial charge is 0.308 e. The second-order valence-corrected chi connectivity index (χ2v) is 9.76. The largest absolute Gasteiger partial charge is 0.497 e. The summed E-state index contributed by atoms with van der Waals surface area (Å²) in [5.74, 6) is 1.93. The number of ether oxygens (including phenoxy) is 6. The number of carbonyl (C=O) groups excluding carboxylic acids is 1. The molecule has 0 saturated carbocycles. The number of para-hydroxylation sites is 1. The molecule has 10 heteroatoms. The Balaban J connectivity index is 1.90. The number of benzene rings is 3. The van der Waals surface area contributed by atoms with Crippen molar-refractivity contribution in [3.05, 3.63) is 76.3 Å². The van der Waals surface area contributed by atoms with Gasteiger partial charge in [-0.2, -0.15) is 0 Å². The number of esters is 1. The second-order valence-electron chi connectivity index (χ2n) is 8.90. The summed E-state index contributed by atoms with van der Waals surface area (Å²) < 4.78 is 34.3. The Morgan fingerprint density at radius 2 is 1.73 bits per heavy atom. The van der Waals surface area contributed by atoms with E-state index in [1.54, 1.807) is 47.5 Å². The number of hydrogen-bond acceptors (Lipinski definition) is 8. The Hall–Kier alpha value is -3.53. The maximum atomic E-state index is 12.7. The van der Waals surface area contributed by atoms with E-state index >= 15 is 0 Å². The molecule has 0 fully saturated rings. The molecule has 3 aromatic rings. The van der Waals surface area contributed by atoms with Gasteiger partial charge in [0.1, 0.15) is 28.7 Å². The summed E-state index contributed by atoms with van der Waals surface area (Å²) in [6, 6.07) is 16.7. The van der Waals surface area contributed by atoms with Crippen molar-refractivity contribution in [2.45, 2.75) is 32.1 Å². The van der Waals surface area contributed by atoms with Gasteiger partial charge in [0.15, 0.2) is 11.5 Å². The number of fused-ring (bicyclic) bond motifs is 1. The average molecular weight is 586 g/mol. The fourth-order valence-electron chi connectivity index (χ4n) is 4.75. The van der Waals surface area contributed by atoms with Crippen molar-refractivity contribution in [1.29, 1.82) is 0 Å². The molecule has 2 unspecified atom stereocenters. The lowest BCUT2D eigenvalue weighted by molar-refractivity contribution is -0.145. The second kappa shape index (κ2) is 13.2. The maximum Gasteiger partial charge on any atom is 0.308 e. The number of nitrogens with zero attached hydrogens (tertiary/aromatic N) is 1. The fourth-order valence-corrected chi connectivity index (χ4v) is 5.23. The van der Waals surface area contributed by atoms with Gasteiger partial charge in [0.2, 0.25) is 0 Å². The first kappa shape index (κ1) is 29.5. The minimum atomic E-state index is -0.801. The Labute approximate surface area is 244 Å². The lowest BCUT2D eigenvalue weighted by atomic mass is 9.97. The van der Waals surface area contributed by atoms with Gasteiger partial charge in [0.25, 0.3) is 0 Å². The van der Waals surface area contributed by atoms with Crippen LogP contribution in [0.3, 0.4) is 0 Å². The fraction of sp³-hybridized carbons (Fsp3) is 0.333. The third-order valence-electron chi connectivity index (χ3n) is 6.60. The van der Waals surface area contributed by atoms with Crippen molar-refractivity contribution in [3.8, 4) is 23.0 Å². The predicted molar refractivity (Wildman–Crippen MR) is 157 cm³/mol. The number of methoxy groups -OCH3 is 4. The zero-order valence-corrected chi connectivity index (χ0v) is 24.6. The van der Waals surface area contributed by atoms with Crippen molar-refractivity contribution in [3.63, 3.8) is 0 Å². The highest BCUT2D eigenvalue weighted by molar-refractivity contribution is 7.80. The third-order valence-corrected chi connectivity index (χ3v) is 7.32. The lowest BCUT2D eigenvalue weighted by Gasteiger charge is -2.28. The Morgan fingerprint density at radius 3 is 2.40 bits per heavy atom. The van der Waals surface area contributed by atoms with Gasteiger partial charge in [-0.25, -0.2) is 0 Å². The molecule has 1 aliphatic rings. The molecule has 40 heavy (non-hydrogen) atoms. The van der Waals surface area contributed by atoms with Gasteiger partial charge in [-0.3, -0.25) is 4.79 Å². The van der Waals surface area contributed by atoms with Gasteiger partial charge >= 0.3 is 5.97 Å². The first-order chi connectivity index (χ1) is 19.3. The van der Waals surface area contributed by atoms with E-state index in [4.69, 9.17) is 52.2 Å². The molecule has 212 valence electrons. The normalized spacial score (nSPS) is 16.6. The molecule has 0 bridgehead atoms. The number of hydrogen-bond donors (Lipinski definition) is 0. The summed E-state index contributed by atoms with van der Waals surface area (Å²) in [5.41, 5.74) is 3.08. The van der Waals surface area contributed by atoms with Crippen LogP contribution in [0.2, 0.25) is 5.02 Å². The van der Waals surface area contributed by atoms with Crippen LogP contribution in [-0.4, -0.2) is 52.1 Å². The monoisotopic (exact) mass is 585 g/mol. The van der Waals surface area contributed by atoms with Gasteiger partial charge in [-0.1, -0.05) is 36.0 Å². The van der Waals surface area contributed by atoms with Crippen LogP contribution < -0.4 is 23.8 Å². The summed E-state index contributed by atoms with van der Waals surface area (Å²) in [6.07, 6.45) is -1.57. The first-order valence-corrected chi connectivity index (χ1v) is 13.5. The molecule has 0 aliphatic carbocycles. The number of rotatable bonds is 10. The summed E-state index contributed by atoms with van der Waals surface area (Å²) in [7, 11) is 6.34. The highest BCUT2D eigenvalue weighted by Gasteiger charge is 2.37. The van der Waals surface area contributed by atoms with E-state index in [9.17, 15) is 4.79 Å². The number of thiocarbonyl (C=S) groups is 1. The average Bonchev–Trinajstić information content (AvgIpc) is 3.07. The molecule has 0 aromatic heterocycles. The summed E-state index contributed by atoms with van der Waals surface area (Å²) in [4.78, 5) is 15.1. The van der Waals surface area contributed by atoms with E-state index in [0.29, 0.717) is 45.1 Å². The number of anilines is 1. The summed E-state index contributed by atoms with van der Waals surface area (Å²) in [5, 5.41) is 0.519. The molecule has 0 saturated heterocycles. The van der Waals surface area contributed by atoms with Gasteiger partial charge in [-0.05, 0) is 43.3 Å². The van der Waals surface area contributed by atoms with Crippen LogP contribution in [0.1, 0.15) is 36.1 Å². The van der Waals surface area contributed by atoms with Crippen LogP contribution in [0, 0.1) is 0 Å². The van der Waals surface area contributed by atoms with Crippen LogP contribution in [-0.2, 0) is 20.8 Å². The van der Waals surface area contributed by atoms with E-state index in [2.05, 4.69) is 0 Å². The van der Waals surface area contributed by atoms with Crippen molar-refractivity contribution in [2.24, 2.45) is 0 Å². The van der Waals surface area contributed by atoms with Crippen molar-refractivity contribution in [1.82, 2.24) is 0 Å². The van der Waals surface area contributed by atoms with Crippen molar-refractivity contribution < 1.29 is 33.2 Å². The Kier molecular flexibility index (Phi) is 9.73. The summed E-state index contributed by atoms with van der Waals surface area (Å²) in [6.45, 7) is 2.34. The number of halogens is 1. The van der Waals surface area contributed by atoms with Crippen LogP contribution in [0.5, 0.6) is 23.0 Å². The Morgan fingerprint density at radius 1 is 0.950 bits per heavy atom. The standard InChI is InChI=1S/C30H32ClNO7S/c1-6-38-27(33)16-26-30(40)32(17-18-10-12-20(34-2)15-25(18)36-4)23-13-11-19(31)14-22(23)28(39-26)21-8-7-9-24(35-3)29(21)37-5/h7-15,26,28H,6,16-17H2,1-5H3. The van der Waals surface area contributed by atoms with Crippen molar-refractivity contribution in [2.75, 3.05) is 39.9 Å². The topological polar surface area (TPSA) is 75.7 Å². The predicted octanol–water partition coefficient (Wildman–Crippen LogP) is 6.15.